The number of amides is 1. The van der Waals surface area contributed by atoms with Gasteiger partial charge in [0, 0.05) is 25.5 Å². The lowest BCUT2D eigenvalue weighted by Gasteiger charge is -2.22. The number of nitrogens with zero attached hydrogens (tertiary/aromatic N) is 3. The molecule has 0 bridgehead atoms. The molecule has 8 heteroatoms. The molecular weight excluding hydrogens is 285 g/mol. The van der Waals surface area contributed by atoms with Crippen LogP contribution in [-0.4, -0.2) is 46.4 Å². The fourth-order valence-corrected chi connectivity index (χ4v) is 2.15. The average molecular weight is 300 g/mol. The molecule has 1 heterocycles. The summed E-state index contributed by atoms with van der Waals surface area (Å²) in [6.45, 7) is -1.57. The molecule has 1 amide bonds. The highest BCUT2D eigenvalue weighted by molar-refractivity contribution is 6.04. The summed E-state index contributed by atoms with van der Waals surface area (Å²) in [5.74, 6) is -0.769. The molecule has 2 N–H and O–H groups in total. The third-order valence-electron chi connectivity index (χ3n) is 3.02. The van der Waals surface area contributed by atoms with Gasteiger partial charge < -0.3 is 10.6 Å². The zero-order valence-corrected chi connectivity index (χ0v) is 11.4. The number of rotatable bonds is 4. The molecule has 0 aliphatic rings. The van der Waals surface area contributed by atoms with Crippen LogP contribution in [0.15, 0.2) is 24.3 Å². The van der Waals surface area contributed by atoms with Crippen molar-refractivity contribution < 1.29 is 18.0 Å². The molecule has 0 fully saturated rings. The minimum absolute atomic E-state index is 0.00537. The Morgan fingerprint density at radius 1 is 1.38 bits per heavy atom. The third kappa shape index (κ3) is 3.33. The molecule has 21 heavy (non-hydrogen) atoms. The van der Waals surface area contributed by atoms with Crippen LogP contribution >= 0.6 is 0 Å². The highest BCUT2D eigenvalue weighted by Crippen LogP contribution is 2.21. The van der Waals surface area contributed by atoms with Crippen LogP contribution in [0, 0.1) is 0 Å². The first-order valence-electron chi connectivity index (χ1n) is 6.31. The molecule has 0 saturated heterocycles. The van der Waals surface area contributed by atoms with E-state index in [2.05, 4.69) is 5.10 Å². The molecule has 0 aliphatic heterocycles. The number of benzene rings is 1. The first-order chi connectivity index (χ1) is 9.83. The van der Waals surface area contributed by atoms with Crippen molar-refractivity contribution in [3.8, 4) is 0 Å². The van der Waals surface area contributed by atoms with E-state index in [4.69, 9.17) is 5.73 Å². The Labute approximate surface area is 119 Å². The van der Waals surface area contributed by atoms with E-state index in [0.717, 1.165) is 0 Å². The lowest BCUT2D eigenvalue weighted by atomic mass is 10.2. The second kappa shape index (κ2) is 5.72. The smallest absolute Gasteiger partial charge is 0.329 e. The summed E-state index contributed by atoms with van der Waals surface area (Å²) in [5, 5.41) is 4.56. The summed E-state index contributed by atoms with van der Waals surface area (Å²) in [6, 6.07) is 6.88. The number of hydrogen-bond acceptors (Lipinski definition) is 3. The number of carbonyl (C=O) groups is 1. The number of carbonyl (C=O) groups excluding carboxylic acids is 1. The second-order valence-corrected chi connectivity index (χ2v) is 4.62. The van der Waals surface area contributed by atoms with Crippen molar-refractivity contribution in [2.24, 2.45) is 12.8 Å². The maximum atomic E-state index is 12.6. The number of alkyl halides is 3. The van der Waals surface area contributed by atoms with Gasteiger partial charge in [0.25, 0.3) is 5.91 Å². The fraction of sp³-hybridized carbons (Fsp3) is 0.385. The van der Waals surface area contributed by atoms with Gasteiger partial charge >= 0.3 is 6.18 Å². The summed E-state index contributed by atoms with van der Waals surface area (Å²) in [5.41, 5.74) is 5.98. The van der Waals surface area contributed by atoms with Crippen molar-refractivity contribution in [3.63, 3.8) is 0 Å². The molecule has 5 nitrogen and oxygen atoms in total. The number of halogens is 3. The minimum atomic E-state index is -4.48. The van der Waals surface area contributed by atoms with Crippen LogP contribution in [0.2, 0.25) is 0 Å². The molecule has 0 saturated carbocycles. The van der Waals surface area contributed by atoms with Gasteiger partial charge in [0.05, 0.1) is 5.52 Å². The molecule has 0 atom stereocenters. The molecular formula is C13H15F3N4O. The van der Waals surface area contributed by atoms with E-state index in [1.165, 1.54) is 4.68 Å². The quantitative estimate of drug-likeness (QED) is 0.931. The zero-order chi connectivity index (χ0) is 15.6. The van der Waals surface area contributed by atoms with Gasteiger partial charge in [0.15, 0.2) is 5.69 Å². The Balaban J connectivity index is 2.39. The van der Waals surface area contributed by atoms with E-state index in [1.54, 1.807) is 31.3 Å². The summed E-state index contributed by atoms with van der Waals surface area (Å²) in [7, 11) is 1.64. The lowest BCUT2D eigenvalue weighted by Crippen LogP contribution is -2.42. The van der Waals surface area contributed by atoms with Crippen molar-refractivity contribution >= 4 is 16.8 Å². The standard InChI is InChI=1S/C13H15F3N4O/c1-19-10-5-3-2-4-9(10)11(18-19)12(21)20(7-6-17)8-13(14,15)16/h2-5H,6-8,17H2,1H3. The molecule has 0 aliphatic carbocycles. The normalized spacial score (nSPS) is 11.9. The monoisotopic (exact) mass is 300 g/mol. The second-order valence-electron chi connectivity index (χ2n) is 4.62. The third-order valence-corrected chi connectivity index (χ3v) is 3.02. The van der Waals surface area contributed by atoms with Crippen LogP contribution in [0.5, 0.6) is 0 Å². The Kier molecular flexibility index (Phi) is 4.17. The molecule has 2 rings (SSSR count). The first-order valence-corrected chi connectivity index (χ1v) is 6.31. The van der Waals surface area contributed by atoms with E-state index < -0.39 is 18.6 Å². The molecule has 0 radical (unpaired) electrons. The van der Waals surface area contributed by atoms with Crippen molar-refractivity contribution in [1.82, 2.24) is 14.7 Å². The van der Waals surface area contributed by atoms with Gasteiger partial charge in [0.1, 0.15) is 6.54 Å². The number of fused-ring (bicyclic) bond motifs is 1. The van der Waals surface area contributed by atoms with Crippen molar-refractivity contribution in [3.05, 3.63) is 30.0 Å². The molecule has 114 valence electrons. The van der Waals surface area contributed by atoms with E-state index in [1.807, 2.05) is 0 Å². The topological polar surface area (TPSA) is 64.2 Å². The lowest BCUT2D eigenvalue weighted by molar-refractivity contribution is -0.140. The van der Waals surface area contributed by atoms with Crippen LogP contribution < -0.4 is 5.73 Å². The maximum absolute atomic E-state index is 12.6. The van der Waals surface area contributed by atoms with Crippen LogP contribution in [0.1, 0.15) is 10.5 Å². The van der Waals surface area contributed by atoms with Gasteiger partial charge in [-0.15, -0.1) is 0 Å². The SMILES string of the molecule is Cn1nc(C(=O)N(CCN)CC(F)(F)F)c2ccccc21. The Bertz CT molecular complexity index is 650. The van der Waals surface area contributed by atoms with Crippen molar-refractivity contribution in [1.29, 1.82) is 0 Å². The van der Waals surface area contributed by atoms with E-state index >= 15 is 0 Å². The van der Waals surface area contributed by atoms with E-state index in [-0.39, 0.29) is 18.8 Å². The number of aryl methyl sites for hydroxylation is 1. The fourth-order valence-electron chi connectivity index (χ4n) is 2.15. The van der Waals surface area contributed by atoms with Gasteiger partial charge in [-0.25, -0.2) is 0 Å². The number of hydrogen-bond donors (Lipinski definition) is 1. The van der Waals surface area contributed by atoms with Crippen molar-refractivity contribution in [2.45, 2.75) is 6.18 Å². The molecule has 0 spiro atoms. The Hall–Kier alpha value is -2.09. The number of nitrogens with two attached hydrogens (primary N) is 1. The molecule has 1 aromatic carbocycles. The summed E-state index contributed by atoms with van der Waals surface area (Å²) >= 11 is 0. The largest absolute Gasteiger partial charge is 0.406 e. The highest BCUT2D eigenvalue weighted by atomic mass is 19.4. The van der Waals surface area contributed by atoms with Gasteiger partial charge in [-0.05, 0) is 6.07 Å². The van der Waals surface area contributed by atoms with Gasteiger partial charge in [-0.2, -0.15) is 18.3 Å². The predicted molar refractivity (Wildman–Crippen MR) is 71.7 cm³/mol. The van der Waals surface area contributed by atoms with Gasteiger partial charge in [-0.3, -0.25) is 9.48 Å². The first kappa shape index (κ1) is 15.3. The summed E-state index contributed by atoms with van der Waals surface area (Å²) < 4.78 is 39.2. The summed E-state index contributed by atoms with van der Waals surface area (Å²) in [4.78, 5) is 13.0. The van der Waals surface area contributed by atoms with Crippen molar-refractivity contribution in [2.75, 3.05) is 19.6 Å². The molecule has 1 aromatic heterocycles. The van der Waals surface area contributed by atoms with Crippen LogP contribution in [0.3, 0.4) is 0 Å². The zero-order valence-electron chi connectivity index (χ0n) is 11.4. The van der Waals surface area contributed by atoms with Crippen LogP contribution in [0.25, 0.3) is 10.9 Å². The Morgan fingerprint density at radius 2 is 2.05 bits per heavy atom. The average Bonchev–Trinajstić information content (AvgIpc) is 2.74. The number of para-hydroxylation sites is 1. The Morgan fingerprint density at radius 3 is 2.67 bits per heavy atom. The van der Waals surface area contributed by atoms with Gasteiger partial charge in [0.2, 0.25) is 0 Å². The summed E-state index contributed by atoms with van der Waals surface area (Å²) in [6.07, 6.45) is -4.48. The number of aromatic nitrogens is 2. The highest BCUT2D eigenvalue weighted by Gasteiger charge is 2.34. The van der Waals surface area contributed by atoms with E-state index in [9.17, 15) is 18.0 Å². The maximum Gasteiger partial charge on any atom is 0.406 e. The molecule has 2 aromatic rings. The van der Waals surface area contributed by atoms with Crippen LogP contribution in [0.4, 0.5) is 13.2 Å². The van der Waals surface area contributed by atoms with Gasteiger partial charge in [-0.1, -0.05) is 18.2 Å². The minimum Gasteiger partial charge on any atom is -0.329 e. The molecule has 0 unspecified atom stereocenters. The van der Waals surface area contributed by atoms with Crippen LogP contribution in [-0.2, 0) is 7.05 Å². The van der Waals surface area contributed by atoms with E-state index in [0.29, 0.717) is 15.8 Å². The predicted octanol–water partition coefficient (Wildman–Crippen LogP) is 1.54.